The van der Waals surface area contributed by atoms with Crippen LogP contribution in [0.4, 0.5) is 0 Å². The molecule has 0 atom stereocenters. The van der Waals surface area contributed by atoms with Gasteiger partial charge in [-0.25, -0.2) is 0 Å². The quantitative estimate of drug-likeness (QED) is 0.500. The van der Waals surface area contributed by atoms with Gasteiger partial charge in [0.05, 0.1) is 0 Å². The molecule has 0 aliphatic carbocycles. The Morgan fingerprint density at radius 1 is 0.950 bits per heavy atom. The van der Waals surface area contributed by atoms with Crippen molar-refractivity contribution in [2.24, 2.45) is 11.7 Å². The lowest BCUT2D eigenvalue weighted by atomic mass is 9.90. The second-order valence-electron chi connectivity index (χ2n) is 6.35. The van der Waals surface area contributed by atoms with E-state index in [0.717, 1.165) is 5.75 Å². The van der Waals surface area contributed by atoms with Gasteiger partial charge in [0.2, 0.25) is 0 Å². The summed E-state index contributed by atoms with van der Waals surface area (Å²) in [6.45, 7) is 14.7. The zero-order valence-corrected chi connectivity index (χ0v) is 13.9. The van der Waals surface area contributed by atoms with Crippen LogP contribution in [0.3, 0.4) is 0 Å². The minimum atomic E-state index is -0.303. The molecule has 0 saturated carbocycles. The van der Waals surface area contributed by atoms with Gasteiger partial charge in [0, 0.05) is 5.56 Å². The molecule has 0 radical (unpaired) electrons. The summed E-state index contributed by atoms with van der Waals surface area (Å²) in [4.78, 5) is 11.0. The normalized spacial score (nSPS) is 11.3. The second-order valence-corrected chi connectivity index (χ2v) is 6.35. The van der Waals surface area contributed by atoms with Gasteiger partial charge in [-0.2, -0.15) is 4.89 Å². The van der Waals surface area contributed by atoms with E-state index in [1.807, 2.05) is 32.9 Å². The summed E-state index contributed by atoms with van der Waals surface area (Å²) in [6.07, 6.45) is 0. The SMILES string of the molecule is CC(C)c1cccc(OOC(C)(C)C)c1C(C)C.NN. The molecule has 20 heavy (non-hydrogen) atoms. The molecule has 0 fully saturated rings. The molecule has 0 heterocycles. The first-order valence-corrected chi connectivity index (χ1v) is 7.04. The van der Waals surface area contributed by atoms with Crippen LogP contribution in [0.2, 0.25) is 0 Å². The van der Waals surface area contributed by atoms with Crippen LogP contribution in [0.1, 0.15) is 71.4 Å². The third kappa shape index (κ3) is 5.90. The fourth-order valence-corrected chi connectivity index (χ4v) is 1.92. The molecular formula is C16H30N2O2. The Balaban J connectivity index is 0.00000172. The predicted molar refractivity (Wildman–Crippen MR) is 84.5 cm³/mol. The molecule has 0 aliphatic rings. The van der Waals surface area contributed by atoms with Crippen LogP contribution < -0.4 is 16.6 Å². The van der Waals surface area contributed by atoms with Gasteiger partial charge in [-0.3, -0.25) is 11.7 Å². The molecule has 0 unspecified atom stereocenters. The van der Waals surface area contributed by atoms with Crippen LogP contribution in [-0.2, 0) is 4.89 Å². The first kappa shape index (κ1) is 18.9. The zero-order chi connectivity index (χ0) is 15.9. The molecular weight excluding hydrogens is 252 g/mol. The first-order chi connectivity index (χ1) is 9.22. The Hall–Kier alpha value is -1.10. The molecule has 4 heteroatoms. The van der Waals surface area contributed by atoms with E-state index in [2.05, 4.69) is 45.4 Å². The summed E-state index contributed by atoms with van der Waals surface area (Å²) in [5, 5.41) is 0. The highest BCUT2D eigenvalue weighted by Gasteiger charge is 2.18. The maximum absolute atomic E-state index is 5.55. The minimum Gasteiger partial charge on any atom is -0.337 e. The van der Waals surface area contributed by atoms with E-state index in [1.165, 1.54) is 11.1 Å². The Kier molecular flexibility index (Phi) is 7.79. The fourth-order valence-electron chi connectivity index (χ4n) is 1.92. The van der Waals surface area contributed by atoms with E-state index in [9.17, 15) is 0 Å². The van der Waals surface area contributed by atoms with Crippen LogP contribution in [0, 0.1) is 0 Å². The number of benzene rings is 1. The molecule has 1 aromatic rings. The molecule has 1 rings (SSSR count). The van der Waals surface area contributed by atoms with Crippen molar-refractivity contribution in [2.45, 2.75) is 65.9 Å². The summed E-state index contributed by atoms with van der Waals surface area (Å²) >= 11 is 0. The Morgan fingerprint density at radius 2 is 1.50 bits per heavy atom. The minimum absolute atomic E-state index is 0.303. The Bertz CT molecular complexity index is 396. The van der Waals surface area contributed by atoms with Crippen LogP contribution in [0.15, 0.2) is 18.2 Å². The molecule has 116 valence electrons. The lowest BCUT2D eigenvalue weighted by Crippen LogP contribution is -2.22. The van der Waals surface area contributed by atoms with E-state index >= 15 is 0 Å². The summed E-state index contributed by atoms with van der Waals surface area (Å²) in [7, 11) is 0. The van der Waals surface area contributed by atoms with Crippen molar-refractivity contribution in [3.8, 4) is 5.75 Å². The van der Waals surface area contributed by atoms with Crippen LogP contribution in [0.5, 0.6) is 5.75 Å². The Labute approximate surface area is 123 Å². The zero-order valence-electron chi connectivity index (χ0n) is 13.9. The van der Waals surface area contributed by atoms with Crippen LogP contribution >= 0.6 is 0 Å². The van der Waals surface area contributed by atoms with E-state index in [1.54, 1.807) is 0 Å². The number of hydrogen-bond acceptors (Lipinski definition) is 4. The molecule has 0 aromatic heterocycles. The number of nitrogens with two attached hydrogens (primary N) is 2. The lowest BCUT2D eigenvalue weighted by Gasteiger charge is -2.22. The Morgan fingerprint density at radius 3 is 1.90 bits per heavy atom. The van der Waals surface area contributed by atoms with Crippen molar-refractivity contribution in [1.82, 2.24) is 0 Å². The van der Waals surface area contributed by atoms with E-state index < -0.39 is 0 Å². The van der Waals surface area contributed by atoms with Gasteiger partial charge in [0.15, 0.2) is 5.75 Å². The second kappa shape index (κ2) is 8.25. The third-order valence-corrected chi connectivity index (χ3v) is 2.68. The summed E-state index contributed by atoms with van der Waals surface area (Å²) in [5.41, 5.74) is 2.28. The topological polar surface area (TPSA) is 70.5 Å². The smallest absolute Gasteiger partial charge is 0.169 e. The average molecular weight is 282 g/mol. The van der Waals surface area contributed by atoms with Crippen molar-refractivity contribution < 1.29 is 9.78 Å². The third-order valence-electron chi connectivity index (χ3n) is 2.68. The molecule has 4 N–H and O–H groups in total. The van der Waals surface area contributed by atoms with Crippen molar-refractivity contribution in [3.63, 3.8) is 0 Å². The maximum Gasteiger partial charge on any atom is 0.169 e. The van der Waals surface area contributed by atoms with E-state index in [0.29, 0.717) is 11.8 Å². The van der Waals surface area contributed by atoms with Crippen LogP contribution in [0.25, 0.3) is 0 Å². The predicted octanol–water partition coefficient (Wildman–Crippen LogP) is 3.86. The average Bonchev–Trinajstić information content (AvgIpc) is 2.37. The van der Waals surface area contributed by atoms with Crippen molar-refractivity contribution in [3.05, 3.63) is 29.3 Å². The van der Waals surface area contributed by atoms with Crippen molar-refractivity contribution in [2.75, 3.05) is 0 Å². The van der Waals surface area contributed by atoms with Crippen molar-refractivity contribution in [1.29, 1.82) is 0 Å². The molecule has 1 aromatic carbocycles. The van der Waals surface area contributed by atoms with Crippen LogP contribution in [-0.4, -0.2) is 5.60 Å². The van der Waals surface area contributed by atoms with Gasteiger partial charge in [-0.05, 0) is 44.2 Å². The molecule has 0 bridgehead atoms. The van der Waals surface area contributed by atoms with Gasteiger partial charge < -0.3 is 4.89 Å². The number of rotatable bonds is 4. The highest BCUT2D eigenvalue weighted by atomic mass is 17.2. The molecule has 0 saturated heterocycles. The summed E-state index contributed by atoms with van der Waals surface area (Å²) in [5.74, 6) is 9.74. The molecule has 0 aliphatic heterocycles. The van der Waals surface area contributed by atoms with E-state index in [-0.39, 0.29) is 5.60 Å². The van der Waals surface area contributed by atoms with Gasteiger partial charge >= 0.3 is 0 Å². The van der Waals surface area contributed by atoms with Gasteiger partial charge in [0.1, 0.15) is 5.60 Å². The van der Waals surface area contributed by atoms with Crippen molar-refractivity contribution >= 4 is 0 Å². The summed E-state index contributed by atoms with van der Waals surface area (Å²) < 4.78 is 0. The lowest BCUT2D eigenvalue weighted by molar-refractivity contribution is -0.275. The largest absolute Gasteiger partial charge is 0.337 e. The van der Waals surface area contributed by atoms with Gasteiger partial charge in [-0.1, -0.05) is 39.8 Å². The molecule has 4 nitrogen and oxygen atoms in total. The first-order valence-electron chi connectivity index (χ1n) is 7.04. The number of hydrazine groups is 1. The standard InChI is InChI=1S/C16H26O2.H4N2/c1-11(2)13-9-8-10-14(15(13)12(3)4)17-18-16(5,6)7;1-2/h8-12H,1-7H3;1-2H2. The van der Waals surface area contributed by atoms with E-state index in [4.69, 9.17) is 9.78 Å². The highest BCUT2D eigenvalue weighted by molar-refractivity contribution is 5.43. The maximum atomic E-state index is 5.55. The highest BCUT2D eigenvalue weighted by Crippen LogP contribution is 2.34. The summed E-state index contributed by atoms with van der Waals surface area (Å²) in [6, 6.07) is 6.18. The molecule has 0 amide bonds. The number of hydrogen-bond donors (Lipinski definition) is 2. The van der Waals surface area contributed by atoms with Gasteiger partial charge in [-0.15, -0.1) is 0 Å². The van der Waals surface area contributed by atoms with Gasteiger partial charge in [0.25, 0.3) is 0 Å². The molecule has 0 spiro atoms. The fraction of sp³-hybridized carbons (Fsp3) is 0.625. The monoisotopic (exact) mass is 282 g/mol.